The van der Waals surface area contributed by atoms with Gasteiger partial charge in [0.1, 0.15) is 0 Å². The Hall–Kier alpha value is -1.02. The highest BCUT2D eigenvalue weighted by Crippen LogP contribution is 2.27. The zero-order valence-electron chi connectivity index (χ0n) is 9.66. The molecule has 0 saturated heterocycles. The van der Waals surface area contributed by atoms with Gasteiger partial charge in [-0.05, 0) is 42.5 Å². The van der Waals surface area contributed by atoms with Crippen molar-refractivity contribution in [3.8, 4) is 0 Å². The highest BCUT2D eigenvalue weighted by atomic mass is 15.1. The van der Waals surface area contributed by atoms with Crippen LogP contribution >= 0.6 is 0 Å². The number of anilines is 1. The minimum atomic E-state index is 0.585. The van der Waals surface area contributed by atoms with Crippen LogP contribution in [-0.2, 0) is 12.8 Å². The van der Waals surface area contributed by atoms with E-state index in [-0.39, 0.29) is 0 Å². The van der Waals surface area contributed by atoms with Gasteiger partial charge in [-0.1, -0.05) is 19.1 Å². The van der Waals surface area contributed by atoms with Crippen LogP contribution in [0.3, 0.4) is 0 Å². The van der Waals surface area contributed by atoms with Gasteiger partial charge in [0.15, 0.2) is 0 Å². The first kappa shape index (κ1) is 10.5. The number of hydrogen-bond acceptors (Lipinski definition) is 2. The number of likely N-dealkylation sites (N-methyl/N-ethyl adjacent to an activating group) is 1. The molecule has 0 amide bonds. The summed E-state index contributed by atoms with van der Waals surface area (Å²) in [5.41, 5.74) is 9.98. The maximum atomic E-state index is 5.65. The molecule has 1 aliphatic heterocycles. The number of fused-ring (bicyclic) bond motifs is 1. The number of benzene rings is 1. The molecule has 2 heteroatoms. The summed E-state index contributed by atoms with van der Waals surface area (Å²) in [5, 5.41) is 0. The summed E-state index contributed by atoms with van der Waals surface area (Å²) in [6, 6.07) is 6.85. The van der Waals surface area contributed by atoms with Crippen molar-refractivity contribution in [1.29, 1.82) is 0 Å². The third kappa shape index (κ3) is 2.15. The first-order valence-electron chi connectivity index (χ1n) is 5.73. The van der Waals surface area contributed by atoms with Crippen molar-refractivity contribution in [2.24, 2.45) is 11.7 Å². The molecule has 15 heavy (non-hydrogen) atoms. The van der Waals surface area contributed by atoms with Gasteiger partial charge < -0.3 is 10.6 Å². The Morgan fingerprint density at radius 3 is 3.00 bits per heavy atom. The Morgan fingerprint density at radius 1 is 1.47 bits per heavy atom. The summed E-state index contributed by atoms with van der Waals surface area (Å²) in [4.78, 5) is 2.32. The molecule has 1 aliphatic rings. The molecule has 0 saturated carbocycles. The number of hydrogen-bond donors (Lipinski definition) is 1. The van der Waals surface area contributed by atoms with Gasteiger partial charge in [0.25, 0.3) is 0 Å². The lowest BCUT2D eigenvalue weighted by Crippen LogP contribution is -2.13. The van der Waals surface area contributed by atoms with E-state index in [0.29, 0.717) is 5.92 Å². The molecule has 0 spiro atoms. The maximum Gasteiger partial charge on any atom is 0.0397 e. The maximum absolute atomic E-state index is 5.65. The second-order valence-corrected chi connectivity index (χ2v) is 4.68. The second-order valence-electron chi connectivity index (χ2n) is 4.68. The van der Waals surface area contributed by atoms with Crippen LogP contribution in [0.4, 0.5) is 5.69 Å². The fourth-order valence-corrected chi connectivity index (χ4v) is 2.23. The van der Waals surface area contributed by atoms with E-state index in [0.717, 1.165) is 19.5 Å². The van der Waals surface area contributed by atoms with Gasteiger partial charge in [-0.3, -0.25) is 0 Å². The van der Waals surface area contributed by atoms with Crippen LogP contribution in [0.5, 0.6) is 0 Å². The van der Waals surface area contributed by atoms with Crippen molar-refractivity contribution >= 4 is 5.69 Å². The molecule has 2 rings (SSSR count). The smallest absolute Gasteiger partial charge is 0.0397 e. The molecule has 0 bridgehead atoms. The van der Waals surface area contributed by atoms with Crippen molar-refractivity contribution in [3.63, 3.8) is 0 Å². The molecule has 0 fully saturated rings. The van der Waals surface area contributed by atoms with Crippen LogP contribution in [0.1, 0.15) is 18.1 Å². The van der Waals surface area contributed by atoms with Crippen LogP contribution in [0, 0.1) is 5.92 Å². The summed E-state index contributed by atoms with van der Waals surface area (Å²) in [5.74, 6) is 0.585. The Morgan fingerprint density at radius 2 is 2.27 bits per heavy atom. The normalized spacial score (nSPS) is 16.6. The van der Waals surface area contributed by atoms with E-state index >= 15 is 0 Å². The van der Waals surface area contributed by atoms with E-state index in [9.17, 15) is 0 Å². The van der Waals surface area contributed by atoms with Crippen molar-refractivity contribution in [3.05, 3.63) is 29.3 Å². The van der Waals surface area contributed by atoms with E-state index in [1.807, 2.05) is 0 Å². The zero-order valence-corrected chi connectivity index (χ0v) is 9.66. The van der Waals surface area contributed by atoms with Gasteiger partial charge in [-0.2, -0.15) is 0 Å². The van der Waals surface area contributed by atoms with E-state index in [1.54, 1.807) is 0 Å². The molecule has 2 N–H and O–H groups in total. The molecule has 0 aliphatic carbocycles. The molecular weight excluding hydrogens is 184 g/mol. The predicted octanol–water partition coefficient (Wildman–Crippen LogP) is 1.82. The van der Waals surface area contributed by atoms with E-state index in [4.69, 9.17) is 5.73 Å². The van der Waals surface area contributed by atoms with Crippen molar-refractivity contribution in [2.45, 2.75) is 19.8 Å². The topological polar surface area (TPSA) is 29.3 Å². The highest BCUT2D eigenvalue weighted by Gasteiger charge is 2.15. The van der Waals surface area contributed by atoms with Crippen molar-refractivity contribution in [1.82, 2.24) is 0 Å². The van der Waals surface area contributed by atoms with Gasteiger partial charge in [0.05, 0.1) is 0 Å². The lowest BCUT2D eigenvalue weighted by Gasteiger charge is -2.13. The minimum absolute atomic E-state index is 0.585. The van der Waals surface area contributed by atoms with Crippen LogP contribution in [0.25, 0.3) is 0 Å². The molecule has 1 atom stereocenters. The predicted molar refractivity (Wildman–Crippen MR) is 65.3 cm³/mol. The molecular formula is C13H20N2. The van der Waals surface area contributed by atoms with Gasteiger partial charge >= 0.3 is 0 Å². The summed E-state index contributed by atoms with van der Waals surface area (Å²) in [6.07, 6.45) is 2.30. The Balaban J connectivity index is 2.16. The van der Waals surface area contributed by atoms with E-state index in [1.165, 1.54) is 23.2 Å². The third-order valence-corrected chi connectivity index (χ3v) is 3.26. The lowest BCUT2D eigenvalue weighted by atomic mass is 9.99. The number of rotatable bonds is 3. The first-order valence-corrected chi connectivity index (χ1v) is 5.73. The van der Waals surface area contributed by atoms with Crippen LogP contribution in [0.15, 0.2) is 18.2 Å². The number of nitrogens with zero attached hydrogens (tertiary/aromatic N) is 1. The van der Waals surface area contributed by atoms with E-state index < -0.39 is 0 Å². The van der Waals surface area contributed by atoms with Gasteiger partial charge in [-0.15, -0.1) is 0 Å². The molecule has 0 aromatic heterocycles. The molecule has 1 unspecified atom stereocenters. The summed E-state index contributed by atoms with van der Waals surface area (Å²) >= 11 is 0. The average molecular weight is 204 g/mol. The monoisotopic (exact) mass is 204 g/mol. The molecule has 1 aromatic carbocycles. The molecule has 1 aromatic rings. The van der Waals surface area contributed by atoms with Gasteiger partial charge in [0, 0.05) is 19.3 Å². The second kappa shape index (κ2) is 4.23. The third-order valence-electron chi connectivity index (χ3n) is 3.26. The highest BCUT2D eigenvalue weighted by molar-refractivity contribution is 5.58. The van der Waals surface area contributed by atoms with Crippen molar-refractivity contribution in [2.75, 3.05) is 25.0 Å². The SMILES string of the molecule is CC(CN)Cc1ccc2c(c1)CCN2C. The first-order chi connectivity index (χ1) is 7.20. The Labute approximate surface area is 92.1 Å². The van der Waals surface area contributed by atoms with Gasteiger partial charge in [0.2, 0.25) is 0 Å². The van der Waals surface area contributed by atoms with Crippen LogP contribution < -0.4 is 10.6 Å². The standard InChI is InChI=1S/C13H20N2/c1-10(9-14)7-11-3-4-13-12(8-11)5-6-15(13)2/h3-4,8,10H,5-7,9,14H2,1-2H3. The van der Waals surface area contributed by atoms with Crippen molar-refractivity contribution < 1.29 is 0 Å². The minimum Gasteiger partial charge on any atom is -0.374 e. The lowest BCUT2D eigenvalue weighted by molar-refractivity contribution is 0.593. The van der Waals surface area contributed by atoms with Crippen LogP contribution in [-0.4, -0.2) is 20.1 Å². The fourth-order valence-electron chi connectivity index (χ4n) is 2.23. The molecule has 1 heterocycles. The molecule has 2 nitrogen and oxygen atoms in total. The Bertz CT molecular complexity index is 346. The summed E-state index contributed by atoms with van der Waals surface area (Å²) in [7, 11) is 2.16. The number of nitrogens with two attached hydrogens (primary N) is 1. The average Bonchev–Trinajstić information content (AvgIpc) is 2.60. The van der Waals surface area contributed by atoms with Crippen LogP contribution in [0.2, 0.25) is 0 Å². The van der Waals surface area contributed by atoms with E-state index in [2.05, 4.69) is 37.1 Å². The molecule has 0 radical (unpaired) electrons. The molecule has 82 valence electrons. The summed E-state index contributed by atoms with van der Waals surface area (Å²) < 4.78 is 0. The fraction of sp³-hybridized carbons (Fsp3) is 0.538. The largest absolute Gasteiger partial charge is 0.374 e. The van der Waals surface area contributed by atoms with Gasteiger partial charge in [-0.25, -0.2) is 0 Å². The summed E-state index contributed by atoms with van der Waals surface area (Å²) in [6.45, 7) is 4.14. The Kier molecular flexibility index (Phi) is 2.96. The zero-order chi connectivity index (χ0) is 10.8. The quantitative estimate of drug-likeness (QED) is 0.813.